The molecule has 0 saturated heterocycles. The zero-order valence-electron chi connectivity index (χ0n) is 18.8. The lowest BCUT2D eigenvalue weighted by molar-refractivity contribution is -0.141. The highest BCUT2D eigenvalue weighted by atomic mass is 19.3. The molecule has 2 amide bonds. The highest BCUT2D eigenvalue weighted by molar-refractivity contribution is 5.79. The molecule has 2 unspecified atom stereocenters. The first-order valence-electron chi connectivity index (χ1n) is 11.2. The van der Waals surface area contributed by atoms with Crippen LogP contribution in [0.4, 0.5) is 13.6 Å². The molecule has 2 aromatic carbocycles. The van der Waals surface area contributed by atoms with Crippen LogP contribution < -0.4 is 10.6 Å². The molecule has 3 rings (SSSR count). The van der Waals surface area contributed by atoms with Crippen LogP contribution in [-0.2, 0) is 14.3 Å². The second-order valence-electron chi connectivity index (χ2n) is 8.35. The maximum atomic E-state index is 13.4. The minimum Gasteiger partial charge on any atom is -0.481 e. The number of rotatable bonds is 11. The molecule has 0 saturated carbocycles. The van der Waals surface area contributed by atoms with E-state index in [2.05, 4.69) is 10.6 Å². The van der Waals surface area contributed by atoms with Crippen molar-refractivity contribution < 1.29 is 33.0 Å². The summed E-state index contributed by atoms with van der Waals surface area (Å²) in [6.45, 7) is 1.69. The standard InChI is InChI=1S/C25H28F2N2O5/c1-15(24(31)32)7-6-12-28-22(30)13-21(23(26)27)29-25(33)34-14-20-18-10-4-2-8-16(18)17-9-3-5-11-19(17)20/h2-5,8-11,15,20-21,23H,6-7,12-14H2,1H3,(H,28,30)(H,29,33)(H,31,32). The van der Waals surface area contributed by atoms with Crippen molar-refractivity contribution >= 4 is 18.0 Å². The number of carboxylic acid groups (broad SMARTS) is 1. The number of amides is 2. The quantitative estimate of drug-likeness (QED) is 0.424. The van der Waals surface area contributed by atoms with Crippen molar-refractivity contribution in [2.45, 2.75) is 44.6 Å². The van der Waals surface area contributed by atoms with Gasteiger partial charge < -0.3 is 20.5 Å². The van der Waals surface area contributed by atoms with Gasteiger partial charge in [0.15, 0.2) is 0 Å². The average molecular weight is 475 g/mol. The highest BCUT2D eigenvalue weighted by Gasteiger charge is 2.30. The predicted molar refractivity (Wildman–Crippen MR) is 122 cm³/mol. The van der Waals surface area contributed by atoms with Crippen LogP contribution in [-0.4, -0.2) is 48.7 Å². The number of carboxylic acids is 1. The Kier molecular flexibility index (Phi) is 8.56. The molecule has 9 heteroatoms. The minimum absolute atomic E-state index is 0.0240. The van der Waals surface area contributed by atoms with E-state index in [9.17, 15) is 23.2 Å². The van der Waals surface area contributed by atoms with Crippen molar-refractivity contribution in [2.75, 3.05) is 13.2 Å². The number of carbonyl (C=O) groups is 3. The number of alkyl halides is 2. The Morgan fingerprint density at radius 3 is 2.18 bits per heavy atom. The van der Waals surface area contributed by atoms with E-state index in [-0.39, 0.29) is 19.1 Å². The second-order valence-corrected chi connectivity index (χ2v) is 8.35. The van der Waals surface area contributed by atoms with Crippen molar-refractivity contribution in [3.05, 3.63) is 59.7 Å². The van der Waals surface area contributed by atoms with Gasteiger partial charge in [-0.05, 0) is 35.1 Å². The smallest absolute Gasteiger partial charge is 0.407 e. The number of benzene rings is 2. The topological polar surface area (TPSA) is 105 Å². The zero-order valence-corrected chi connectivity index (χ0v) is 18.8. The lowest BCUT2D eigenvalue weighted by Crippen LogP contribution is -2.44. The third-order valence-corrected chi connectivity index (χ3v) is 5.91. The molecule has 0 bridgehead atoms. The molecule has 34 heavy (non-hydrogen) atoms. The zero-order chi connectivity index (χ0) is 24.7. The summed E-state index contributed by atoms with van der Waals surface area (Å²) in [4.78, 5) is 35.1. The van der Waals surface area contributed by atoms with Gasteiger partial charge in [0.25, 0.3) is 6.43 Å². The fourth-order valence-corrected chi connectivity index (χ4v) is 4.03. The maximum Gasteiger partial charge on any atom is 0.407 e. The van der Waals surface area contributed by atoms with Crippen LogP contribution in [0.2, 0.25) is 0 Å². The molecule has 0 radical (unpaired) electrons. The molecule has 1 aliphatic rings. The number of carbonyl (C=O) groups excluding carboxylic acids is 2. The van der Waals surface area contributed by atoms with Crippen molar-refractivity contribution in [1.29, 1.82) is 0 Å². The van der Waals surface area contributed by atoms with Gasteiger partial charge in [-0.3, -0.25) is 9.59 Å². The van der Waals surface area contributed by atoms with Gasteiger partial charge in [-0.2, -0.15) is 0 Å². The molecular formula is C25H28F2N2O5. The van der Waals surface area contributed by atoms with Gasteiger partial charge in [0.2, 0.25) is 5.91 Å². The van der Waals surface area contributed by atoms with E-state index in [0.29, 0.717) is 12.8 Å². The van der Waals surface area contributed by atoms with Gasteiger partial charge in [0.1, 0.15) is 12.6 Å². The number of alkyl carbamates (subject to hydrolysis) is 1. The van der Waals surface area contributed by atoms with Crippen molar-refractivity contribution in [2.24, 2.45) is 5.92 Å². The van der Waals surface area contributed by atoms with Crippen LogP contribution in [0.3, 0.4) is 0 Å². The number of aliphatic carboxylic acids is 1. The molecule has 2 atom stereocenters. The fraction of sp³-hybridized carbons (Fsp3) is 0.400. The van der Waals surface area contributed by atoms with Crippen LogP contribution in [0.15, 0.2) is 48.5 Å². The molecular weight excluding hydrogens is 446 g/mol. The molecule has 0 spiro atoms. The maximum absolute atomic E-state index is 13.4. The van der Waals surface area contributed by atoms with Crippen LogP contribution in [0.1, 0.15) is 43.2 Å². The van der Waals surface area contributed by atoms with Gasteiger partial charge in [0.05, 0.1) is 12.3 Å². The van der Waals surface area contributed by atoms with Crippen LogP contribution in [0.5, 0.6) is 0 Å². The van der Waals surface area contributed by atoms with Gasteiger partial charge in [-0.25, -0.2) is 13.6 Å². The van der Waals surface area contributed by atoms with E-state index < -0.39 is 42.8 Å². The molecule has 0 fully saturated rings. The van der Waals surface area contributed by atoms with Gasteiger partial charge in [-0.15, -0.1) is 0 Å². The summed E-state index contributed by atoms with van der Waals surface area (Å²) in [6, 6.07) is 13.8. The number of fused-ring (bicyclic) bond motifs is 3. The SMILES string of the molecule is CC(CCCNC(=O)CC(NC(=O)OCC1c2ccccc2-c2ccccc21)C(F)F)C(=O)O. The molecule has 0 aromatic heterocycles. The Morgan fingerprint density at radius 2 is 1.62 bits per heavy atom. The minimum atomic E-state index is -2.96. The average Bonchev–Trinajstić information content (AvgIpc) is 3.13. The largest absolute Gasteiger partial charge is 0.481 e. The lowest BCUT2D eigenvalue weighted by Gasteiger charge is -2.19. The van der Waals surface area contributed by atoms with E-state index in [1.54, 1.807) is 6.92 Å². The van der Waals surface area contributed by atoms with E-state index >= 15 is 0 Å². The summed E-state index contributed by atoms with van der Waals surface area (Å²) in [5.41, 5.74) is 4.09. The molecule has 1 aliphatic carbocycles. The number of hydrogen-bond acceptors (Lipinski definition) is 4. The van der Waals surface area contributed by atoms with Crippen molar-refractivity contribution in [3.8, 4) is 11.1 Å². The molecule has 182 valence electrons. The third-order valence-electron chi connectivity index (χ3n) is 5.91. The van der Waals surface area contributed by atoms with Gasteiger partial charge in [-0.1, -0.05) is 55.5 Å². The summed E-state index contributed by atoms with van der Waals surface area (Å²) in [7, 11) is 0. The summed E-state index contributed by atoms with van der Waals surface area (Å²) >= 11 is 0. The molecule has 3 N–H and O–H groups in total. The lowest BCUT2D eigenvalue weighted by atomic mass is 9.98. The first kappa shape index (κ1) is 25.1. The molecule has 7 nitrogen and oxygen atoms in total. The third kappa shape index (κ3) is 6.30. The molecule has 0 aliphatic heterocycles. The Hall–Kier alpha value is -3.49. The van der Waals surface area contributed by atoms with E-state index in [0.717, 1.165) is 22.3 Å². The van der Waals surface area contributed by atoms with Gasteiger partial charge in [0, 0.05) is 12.5 Å². The summed E-state index contributed by atoms with van der Waals surface area (Å²) in [6.07, 6.45) is -3.84. The summed E-state index contributed by atoms with van der Waals surface area (Å²) in [5, 5.41) is 13.4. The Bertz CT molecular complexity index is 984. The van der Waals surface area contributed by atoms with E-state index in [4.69, 9.17) is 9.84 Å². The van der Waals surface area contributed by atoms with Crippen LogP contribution in [0, 0.1) is 5.92 Å². The Balaban J connectivity index is 1.50. The normalized spacial score (nSPS) is 14.1. The number of halogens is 2. The molecule has 2 aromatic rings. The first-order valence-corrected chi connectivity index (χ1v) is 11.2. The number of nitrogens with one attached hydrogen (secondary N) is 2. The summed E-state index contributed by atoms with van der Waals surface area (Å²) in [5.74, 6) is -2.36. The first-order chi connectivity index (χ1) is 16.3. The van der Waals surface area contributed by atoms with Gasteiger partial charge >= 0.3 is 12.1 Å². The second kappa shape index (κ2) is 11.6. The van der Waals surface area contributed by atoms with E-state index in [1.807, 2.05) is 48.5 Å². The number of ether oxygens (including phenoxy) is 1. The van der Waals surface area contributed by atoms with Crippen LogP contribution >= 0.6 is 0 Å². The Labute approximate surface area is 196 Å². The monoisotopic (exact) mass is 474 g/mol. The number of hydrogen-bond donors (Lipinski definition) is 3. The van der Waals surface area contributed by atoms with E-state index in [1.165, 1.54) is 0 Å². The predicted octanol–water partition coefficient (Wildman–Crippen LogP) is 4.17. The fourth-order valence-electron chi connectivity index (χ4n) is 4.03. The van der Waals surface area contributed by atoms with Crippen LogP contribution in [0.25, 0.3) is 11.1 Å². The Morgan fingerprint density at radius 1 is 1.03 bits per heavy atom. The van der Waals surface area contributed by atoms with Crippen molar-refractivity contribution in [1.82, 2.24) is 10.6 Å². The van der Waals surface area contributed by atoms with Crippen molar-refractivity contribution in [3.63, 3.8) is 0 Å². The summed E-state index contributed by atoms with van der Waals surface area (Å²) < 4.78 is 32.1. The highest BCUT2D eigenvalue weighted by Crippen LogP contribution is 2.44. The molecule has 0 heterocycles.